The predicted octanol–water partition coefficient (Wildman–Crippen LogP) is 4.65. The van der Waals surface area contributed by atoms with Gasteiger partial charge in [-0.2, -0.15) is 0 Å². The molecule has 160 valence electrons. The minimum Gasteiger partial charge on any atom is -0.324 e. The molecule has 1 fully saturated rings. The van der Waals surface area contributed by atoms with E-state index in [1.54, 1.807) is 17.0 Å². The number of piperidine rings is 1. The van der Waals surface area contributed by atoms with Crippen LogP contribution in [0.2, 0.25) is 0 Å². The Kier molecular flexibility index (Phi) is 6.22. The number of rotatable bonds is 4. The van der Waals surface area contributed by atoms with Gasteiger partial charge in [-0.1, -0.05) is 41.7 Å². The van der Waals surface area contributed by atoms with Gasteiger partial charge in [0.05, 0.1) is 5.69 Å². The Morgan fingerprint density at radius 2 is 1.81 bits per heavy atom. The number of benzene rings is 2. The first kappa shape index (κ1) is 20.9. The number of likely N-dealkylation sites (tertiary alicyclic amines) is 1. The van der Waals surface area contributed by atoms with Gasteiger partial charge >= 0.3 is 6.03 Å². The monoisotopic (exact) mass is 439 g/mol. The normalized spacial score (nSPS) is 16.1. The van der Waals surface area contributed by atoms with Crippen LogP contribution in [0.25, 0.3) is 0 Å². The van der Waals surface area contributed by atoms with Gasteiger partial charge in [0.15, 0.2) is 0 Å². The van der Waals surface area contributed by atoms with E-state index in [-0.39, 0.29) is 28.6 Å². The third kappa shape index (κ3) is 4.88. The summed E-state index contributed by atoms with van der Waals surface area (Å²) in [5.41, 5.74) is 1.85. The SMILES string of the molecule is Cc1ccccc1NC(=O)c1nnc([C@@H]2CCCN(C(=O)Nc3ccccc3F)C2)s1. The number of aromatic nitrogens is 2. The van der Waals surface area contributed by atoms with E-state index in [2.05, 4.69) is 20.8 Å². The topological polar surface area (TPSA) is 87.2 Å². The minimum atomic E-state index is -0.474. The first-order valence-electron chi connectivity index (χ1n) is 10.0. The molecular formula is C22H22FN5O2S. The van der Waals surface area contributed by atoms with Crippen LogP contribution in [-0.4, -0.2) is 40.1 Å². The van der Waals surface area contributed by atoms with E-state index in [9.17, 15) is 14.0 Å². The van der Waals surface area contributed by atoms with E-state index in [0.29, 0.717) is 13.1 Å². The highest BCUT2D eigenvalue weighted by Crippen LogP contribution is 2.30. The highest BCUT2D eigenvalue weighted by molar-refractivity contribution is 7.13. The molecule has 1 saturated heterocycles. The number of amides is 3. The Morgan fingerprint density at radius 3 is 2.58 bits per heavy atom. The molecule has 9 heteroatoms. The smallest absolute Gasteiger partial charge is 0.321 e. The lowest BCUT2D eigenvalue weighted by molar-refractivity contribution is 0.102. The number of carbonyl (C=O) groups is 2. The lowest BCUT2D eigenvalue weighted by Gasteiger charge is -2.31. The average molecular weight is 440 g/mol. The van der Waals surface area contributed by atoms with Crippen LogP contribution < -0.4 is 10.6 Å². The van der Waals surface area contributed by atoms with Gasteiger partial charge in [0.25, 0.3) is 5.91 Å². The molecule has 4 rings (SSSR count). The third-order valence-electron chi connectivity index (χ3n) is 5.20. The van der Waals surface area contributed by atoms with Crippen LogP contribution in [0.1, 0.15) is 39.1 Å². The lowest BCUT2D eigenvalue weighted by atomic mass is 9.99. The molecule has 0 saturated carbocycles. The maximum Gasteiger partial charge on any atom is 0.321 e. The summed E-state index contributed by atoms with van der Waals surface area (Å²) in [4.78, 5) is 26.8. The molecule has 0 aliphatic carbocycles. The first-order chi connectivity index (χ1) is 15.0. The molecule has 0 radical (unpaired) electrons. The number of nitrogens with one attached hydrogen (secondary N) is 2. The summed E-state index contributed by atoms with van der Waals surface area (Å²) in [6.45, 7) is 2.94. The van der Waals surface area contributed by atoms with E-state index < -0.39 is 5.82 Å². The Labute approximate surface area is 183 Å². The van der Waals surface area contributed by atoms with Crippen LogP contribution in [0.4, 0.5) is 20.6 Å². The van der Waals surface area contributed by atoms with Crippen LogP contribution in [0.15, 0.2) is 48.5 Å². The second-order valence-corrected chi connectivity index (χ2v) is 8.42. The molecule has 1 aliphatic rings. The molecule has 0 unspecified atom stereocenters. The number of anilines is 2. The van der Waals surface area contributed by atoms with E-state index in [4.69, 9.17) is 0 Å². The number of urea groups is 1. The molecule has 31 heavy (non-hydrogen) atoms. The molecule has 3 aromatic rings. The van der Waals surface area contributed by atoms with Gasteiger partial charge in [-0.05, 0) is 43.5 Å². The molecule has 2 heterocycles. The second kappa shape index (κ2) is 9.22. The van der Waals surface area contributed by atoms with E-state index in [1.807, 2.05) is 31.2 Å². The van der Waals surface area contributed by atoms with Crippen molar-refractivity contribution in [3.63, 3.8) is 0 Å². The van der Waals surface area contributed by atoms with Crippen LogP contribution in [-0.2, 0) is 0 Å². The number of nitrogens with zero attached hydrogens (tertiary/aromatic N) is 3. The van der Waals surface area contributed by atoms with E-state index in [0.717, 1.165) is 29.1 Å². The average Bonchev–Trinajstić information content (AvgIpc) is 3.28. The fourth-order valence-corrected chi connectivity index (χ4v) is 4.36. The number of hydrogen-bond acceptors (Lipinski definition) is 5. The quantitative estimate of drug-likeness (QED) is 0.620. The highest BCUT2D eigenvalue weighted by Gasteiger charge is 2.28. The molecule has 1 aliphatic heterocycles. The summed E-state index contributed by atoms with van der Waals surface area (Å²) < 4.78 is 13.8. The zero-order valence-corrected chi connectivity index (χ0v) is 17.8. The van der Waals surface area contributed by atoms with Crippen molar-refractivity contribution in [2.45, 2.75) is 25.7 Å². The predicted molar refractivity (Wildman–Crippen MR) is 118 cm³/mol. The Morgan fingerprint density at radius 1 is 1.06 bits per heavy atom. The molecule has 1 aromatic heterocycles. The van der Waals surface area contributed by atoms with Gasteiger partial charge < -0.3 is 15.5 Å². The summed E-state index contributed by atoms with van der Waals surface area (Å²) in [7, 11) is 0. The summed E-state index contributed by atoms with van der Waals surface area (Å²) in [6.07, 6.45) is 1.64. The number of halogens is 1. The Bertz CT molecular complexity index is 1100. The second-order valence-electron chi connectivity index (χ2n) is 7.41. The van der Waals surface area contributed by atoms with Gasteiger partial charge in [0, 0.05) is 24.7 Å². The van der Waals surface area contributed by atoms with Crippen LogP contribution in [0.5, 0.6) is 0 Å². The zero-order valence-electron chi connectivity index (χ0n) is 17.0. The Hall–Kier alpha value is -3.33. The van der Waals surface area contributed by atoms with Crippen molar-refractivity contribution >= 4 is 34.6 Å². The molecule has 2 N–H and O–H groups in total. The number of aryl methyl sites for hydroxylation is 1. The van der Waals surface area contributed by atoms with Crippen molar-refractivity contribution in [1.29, 1.82) is 0 Å². The van der Waals surface area contributed by atoms with Crippen molar-refractivity contribution < 1.29 is 14.0 Å². The maximum atomic E-state index is 13.8. The molecule has 7 nitrogen and oxygen atoms in total. The van der Waals surface area contributed by atoms with Gasteiger partial charge in [-0.25, -0.2) is 9.18 Å². The first-order valence-corrected chi connectivity index (χ1v) is 10.8. The lowest BCUT2D eigenvalue weighted by Crippen LogP contribution is -2.41. The molecule has 1 atom stereocenters. The molecule has 0 spiro atoms. The molecule has 2 aromatic carbocycles. The van der Waals surface area contributed by atoms with Crippen molar-refractivity contribution in [3.05, 3.63) is 69.9 Å². The van der Waals surface area contributed by atoms with Crippen LogP contribution >= 0.6 is 11.3 Å². The van der Waals surface area contributed by atoms with Gasteiger partial charge in [-0.3, -0.25) is 4.79 Å². The highest BCUT2D eigenvalue weighted by atomic mass is 32.1. The van der Waals surface area contributed by atoms with Crippen molar-refractivity contribution in [1.82, 2.24) is 15.1 Å². The Balaban J connectivity index is 1.40. The van der Waals surface area contributed by atoms with E-state index in [1.165, 1.54) is 23.5 Å². The number of carbonyl (C=O) groups excluding carboxylic acids is 2. The van der Waals surface area contributed by atoms with E-state index >= 15 is 0 Å². The van der Waals surface area contributed by atoms with Crippen molar-refractivity contribution in [3.8, 4) is 0 Å². The maximum absolute atomic E-state index is 13.8. The summed E-state index contributed by atoms with van der Waals surface area (Å²) in [5, 5.41) is 14.7. The van der Waals surface area contributed by atoms with Gasteiger partial charge in [-0.15, -0.1) is 10.2 Å². The number of para-hydroxylation sites is 2. The van der Waals surface area contributed by atoms with Crippen molar-refractivity contribution in [2.24, 2.45) is 0 Å². The summed E-state index contributed by atoms with van der Waals surface area (Å²) in [5.74, 6) is -0.793. The van der Waals surface area contributed by atoms with Crippen molar-refractivity contribution in [2.75, 3.05) is 23.7 Å². The molecule has 0 bridgehead atoms. The van der Waals surface area contributed by atoms with Crippen LogP contribution in [0.3, 0.4) is 0 Å². The fraction of sp³-hybridized carbons (Fsp3) is 0.273. The standard InChI is InChI=1S/C22H22FN5O2S/c1-14-7-2-4-10-17(14)24-19(29)21-27-26-20(31-21)15-8-6-12-28(13-15)22(30)25-18-11-5-3-9-16(18)23/h2-5,7,9-11,15H,6,8,12-13H2,1H3,(H,24,29)(H,25,30)/t15-/m1/s1. The van der Waals surface area contributed by atoms with Gasteiger partial charge in [0.1, 0.15) is 10.8 Å². The minimum absolute atomic E-state index is 0.0161. The van der Waals surface area contributed by atoms with Gasteiger partial charge in [0.2, 0.25) is 5.01 Å². The zero-order chi connectivity index (χ0) is 21.8. The molecular weight excluding hydrogens is 417 g/mol. The van der Waals surface area contributed by atoms with Crippen LogP contribution in [0, 0.1) is 12.7 Å². The third-order valence-corrected chi connectivity index (χ3v) is 6.29. The number of hydrogen-bond donors (Lipinski definition) is 2. The largest absolute Gasteiger partial charge is 0.324 e. The fourth-order valence-electron chi connectivity index (χ4n) is 3.50. The molecule has 3 amide bonds. The summed E-state index contributed by atoms with van der Waals surface area (Å²) >= 11 is 1.24. The summed E-state index contributed by atoms with van der Waals surface area (Å²) in [6, 6.07) is 13.2.